The predicted octanol–water partition coefficient (Wildman–Crippen LogP) is 0.702. The summed E-state index contributed by atoms with van der Waals surface area (Å²) in [6.07, 6.45) is 1.92. The second-order valence-electron chi connectivity index (χ2n) is 4.68. The molecule has 0 aromatic carbocycles. The van der Waals surface area contributed by atoms with Gasteiger partial charge in [-0.3, -0.25) is 0 Å². The Morgan fingerprint density at radius 3 is 3.00 bits per heavy atom. The summed E-state index contributed by atoms with van der Waals surface area (Å²) in [5, 5.41) is 3.22. The summed E-state index contributed by atoms with van der Waals surface area (Å²) in [6, 6.07) is 5.69. The van der Waals surface area contributed by atoms with Gasteiger partial charge in [0.1, 0.15) is 5.65 Å². The number of hydrogen-bond donors (Lipinski definition) is 1. The molecule has 2 aromatic rings. The molecule has 0 amide bonds. The van der Waals surface area contributed by atoms with Crippen LogP contribution in [0.5, 0.6) is 0 Å². The van der Waals surface area contributed by atoms with Crippen molar-refractivity contribution in [1.29, 1.82) is 0 Å². The first-order valence-electron chi connectivity index (χ1n) is 5.94. The minimum absolute atomic E-state index is 0.135. The summed E-state index contributed by atoms with van der Waals surface area (Å²) in [5.74, 6) is 0.353. The minimum Gasteiger partial charge on any atom is -0.307 e. The number of aromatic nitrogens is 2. The monoisotopic (exact) mass is 265 g/mol. The molecule has 1 saturated heterocycles. The van der Waals surface area contributed by atoms with E-state index in [0.29, 0.717) is 6.54 Å². The maximum atomic E-state index is 11.6. The molecule has 0 bridgehead atoms. The molecule has 2 aromatic heterocycles. The van der Waals surface area contributed by atoms with Gasteiger partial charge in [-0.25, -0.2) is 13.4 Å². The van der Waals surface area contributed by atoms with E-state index in [4.69, 9.17) is 0 Å². The Morgan fingerprint density at radius 2 is 2.28 bits per heavy atom. The first kappa shape index (κ1) is 11.7. The topological polar surface area (TPSA) is 63.5 Å². The van der Waals surface area contributed by atoms with Crippen molar-refractivity contribution in [3.05, 3.63) is 35.8 Å². The number of fused-ring (bicyclic) bond motifs is 1. The van der Waals surface area contributed by atoms with E-state index in [9.17, 15) is 8.42 Å². The molecule has 6 heteroatoms. The first-order valence-corrected chi connectivity index (χ1v) is 7.76. The highest BCUT2D eigenvalue weighted by Gasteiger charge is 2.27. The highest BCUT2D eigenvalue weighted by Crippen LogP contribution is 2.19. The maximum Gasteiger partial charge on any atom is 0.153 e. The van der Waals surface area contributed by atoms with E-state index in [2.05, 4.69) is 10.3 Å². The number of nitrogens with zero attached hydrogens (tertiary/aromatic N) is 2. The SMILES string of the molecule is Cc1cccc2nc(C3CS(=O)(=O)CCN3)cn12. The van der Waals surface area contributed by atoms with Gasteiger partial charge in [-0.2, -0.15) is 0 Å². The van der Waals surface area contributed by atoms with Gasteiger partial charge in [0, 0.05) is 18.4 Å². The van der Waals surface area contributed by atoms with E-state index in [1.807, 2.05) is 35.7 Å². The molecular formula is C12H15N3O2S. The lowest BCUT2D eigenvalue weighted by Gasteiger charge is -2.21. The summed E-state index contributed by atoms with van der Waals surface area (Å²) in [7, 11) is -2.94. The number of aryl methyl sites for hydroxylation is 1. The van der Waals surface area contributed by atoms with Gasteiger partial charge >= 0.3 is 0 Å². The average molecular weight is 265 g/mol. The highest BCUT2D eigenvalue weighted by atomic mass is 32.2. The number of pyridine rings is 1. The summed E-state index contributed by atoms with van der Waals surface area (Å²) in [4.78, 5) is 4.50. The fourth-order valence-electron chi connectivity index (χ4n) is 2.31. The van der Waals surface area contributed by atoms with Crippen LogP contribution < -0.4 is 5.32 Å². The Hall–Kier alpha value is -1.40. The van der Waals surface area contributed by atoms with Crippen LogP contribution in [-0.4, -0.2) is 35.9 Å². The molecule has 1 aliphatic heterocycles. The molecular weight excluding hydrogens is 250 g/mol. The molecule has 0 spiro atoms. The Morgan fingerprint density at radius 1 is 1.44 bits per heavy atom. The molecule has 1 unspecified atom stereocenters. The Kier molecular flexibility index (Phi) is 2.64. The molecule has 0 aliphatic carbocycles. The lowest BCUT2D eigenvalue weighted by Crippen LogP contribution is -2.39. The third kappa shape index (κ3) is 2.02. The predicted molar refractivity (Wildman–Crippen MR) is 69.3 cm³/mol. The molecule has 1 atom stereocenters. The third-order valence-electron chi connectivity index (χ3n) is 3.30. The zero-order valence-electron chi connectivity index (χ0n) is 10.1. The highest BCUT2D eigenvalue weighted by molar-refractivity contribution is 7.91. The van der Waals surface area contributed by atoms with Crippen molar-refractivity contribution in [2.75, 3.05) is 18.1 Å². The smallest absolute Gasteiger partial charge is 0.153 e. The van der Waals surface area contributed by atoms with Crippen molar-refractivity contribution in [3.63, 3.8) is 0 Å². The van der Waals surface area contributed by atoms with Gasteiger partial charge in [0.15, 0.2) is 9.84 Å². The van der Waals surface area contributed by atoms with Crippen LogP contribution in [0.4, 0.5) is 0 Å². The molecule has 0 radical (unpaired) electrons. The van der Waals surface area contributed by atoms with Gasteiger partial charge in [0.2, 0.25) is 0 Å². The van der Waals surface area contributed by atoms with E-state index in [1.54, 1.807) is 0 Å². The zero-order chi connectivity index (χ0) is 12.8. The van der Waals surface area contributed by atoms with Crippen LogP contribution in [0.15, 0.2) is 24.4 Å². The van der Waals surface area contributed by atoms with Crippen LogP contribution in [-0.2, 0) is 9.84 Å². The van der Waals surface area contributed by atoms with Crippen molar-refractivity contribution in [2.45, 2.75) is 13.0 Å². The summed E-state index contributed by atoms with van der Waals surface area (Å²) in [6.45, 7) is 2.50. The number of hydrogen-bond acceptors (Lipinski definition) is 4. The van der Waals surface area contributed by atoms with Crippen molar-refractivity contribution in [3.8, 4) is 0 Å². The van der Waals surface area contributed by atoms with Crippen LogP contribution in [0, 0.1) is 6.92 Å². The lowest BCUT2D eigenvalue weighted by molar-refractivity contribution is 0.525. The van der Waals surface area contributed by atoms with E-state index >= 15 is 0 Å². The fourth-order valence-corrected chi connectivity index (χ4v) is 3.70. The maximum absolute atomic E-state index is 11.6. The normalized spacial score (nSPS) is 23.3. The Labute approximate surface area is 106 Å². The quantitative estimate of drug-likeness (QED) is 0.824. The zero-order valence-corrected chi connectivity index (χ0v) is 10.9. The summed E-state index contributed by atoms with van der Waals surface area (Å²) < 4.78 is 25.3. The standard InChI is InChI=1S/C12H15N3O2S/c1-9-3-2-4-12-14-10(7-15(9)12)11-8-18(16,17)6-5-13-11/h2-4,7,11,13H,5-6,8H2,1H3. The lowest BCUT2D eigenvalue weighted by atomic mass is 10.2. The summed E-state index contributed by atoms with van der Waals surface area (Å²) >= 11 is 0. The van der Waals surface area contributed by atoms with Gasteiger partial charge in [-0.15, -0.1) is 0 Å². The van der Waals surface area contributed by atoms with Gasteiger partial charge in [0.25, 0.3) is 0 Å². The van der Waals surface area contributed by atoms with Crippen LogP contribution in [0.3, 0.4) is 0 Å². The number of nitrogens with one attached hydrogen (secondary N) is 1. The molecule has 18 heavy (non-hydrogen) atoms. The van der Waals surface area contributed by atoms with Crippen LogP contribution in [0.1, 0.15) is 17.4 Å². The molecule has 1 aliphatic rings. The van der Waals surface area contributed by atoms with Crippen molar-refractivity contribution in [1.82, 2.24) is 14.7 Å². The number of imidazole rings is 1. The molecule has 3 heterocycles. The Bertz CT molecular complexity index is 690. The Balaban J connectivity index is 2.02. The minimum atomic E-state index is -2.94. The van der Waals surface area contributed by atoms with Gasteiger partial charge in [0.05, 0.1) is 23.2 Å². The van der Waals surface area contributed by atoms with Crippen molar-refractivity contribution in [2.24, 2.45) is 0 Å². The van der Waals surface area contributed by atoms with Crippen LogP contribution in [0.2, 0.25) is 0 Å². The van der Waals surface area contributed by atoms with E-state index in [0.717, 1.165) is 17.0 Å². The van der Waals surface area contributed by atoms with E-state index in [-0.39, 0.29) is 17.5 Å². The fraction of sp³-hybridized carbons (Fsp3) is 0.417. The van der Waals surface area contributed by atoms with Crippen LogP contribution >= 0.6 is 0 Å². The van der Waals surface area contributed by atoms with Crippen molar-refractivity contribution < 1.29 is 8.42 Å². The average Bonchev–Trinajstić information content (AvgIpc) is 2.73. The second kappa shape index (κ2) is 4.07. The van der Waals surface area contributed by atoms with Gasteiger partial charge in [-0.1, -0.05) is 6.07 Å². The van der Waals surface area contributed by atoms with Crippen molar-refractivity contribution >= 4 is 15.5 Å². The molecule has 5 nitrogen and oxygen atoms in total. The molecule has 3 rings (SSSR count). The van der Waals surface area contributed by atoms with Crippen LogP contribution in [0.25, 0.3) is 5.65 Å². The van der Waals surface area contributed by atoms with Gasteiger partial charge in [-0.05, 0) is 19.1 Å². The van der Waals surface area contributed by atoms with E-state index in [1.165, 1.54) is 0 Å². The first-order chi connectivity index (χ1) is 8.55. The molecule has 0 saturated carbocycles. The largest absolute Gasteiger partial charge is 0.307 e. The number of sulfone groups is 1. The second-order valence-corrected chi connectivity index (χ2v) is 6.91. The van der Waals surface area contributed by atoms with E-state index < -0.39 is 9.84 Å². The molecule has 96 valence electrons. The third-order valence-corrected chi connectivity index (χ3v) is 4.96. The number of rotatable bonds is 1. The van der Waals surface area contributed by atoms with Gasteiger partial charge < -0.3 is 9.72 Å². The molecule has 1 N–H and O–H groups in total. The molecule has 1 fully saturated rings. The summed E-state index contributed by atoms with van der Waals surface area (Å²) in [5.41, 5.74) is 2.74.